The number of carboxylic acid groups (broad SMARTS) is 1. The quantitative estimate of drug-likeness (QED) is 0.795. The Morgan fingerprint density at radius 2 is 1.88 bits per heavy atom. The second kappa shape index (κ2) is 7.43. The average molecular weight is 376 g/mol. The number of fused-ring (bicyclic) bond motifs is 1. The molecule has 8 heteroatoms. The van der Waals surface area contributed by atoms with Gasteiger partial charge in [-0.3, -0.25) is 4.79 Å². The fourth-order valence-electron chi connectivity index (χ4n) is 3.08. The Hall–Kier alpha value is -2.45. The molecule has 1 unspecified atom stereocenters. The molecule has 3 rings (SSSR count). The van der Waals surface area contributed by atoms with Gasteiger partial charge in [0.2, 0.25) is 15.9 Å². The van der Waals surface area contributed by atoms with E-state index >= 15 is 0 Å². The lowest BCUT2D eigenvalue weighted by Gasteiger charge is -2.17. The van der Waals surface area contributed by atoms with Crippen molar-refractivity contribution in [2.75, 3.05) is 18.8 Å². The number of nitrogens with zero attached hydrogens (tertiary/aromatic N) is 1. The molecule has 2 aromatic rings. The monoisotopic (exact) mass is 376 g/mol. The third-order valence-corrected chi connectivity index (χ3v) is 6.41. The minimum atomic E-state index is -3.27. The number of sulfonamides is 1. The van der Waals surface area contributed by atoms with Gasteiger partial charge in [-0.1, -0.05) is 36.4 Å². The summed E-state index contributed by atoms with van der Waals surface area (Å²) < 4.78 is 24.8. The van der Waals surface area contributed by atoms with E-state index in [-0.39, 0.29) is 18.7 Å². The first-order chi connectivity index (χ1) is 12.4. The molecule has 1 aliphatic heterocycles. The fraction of sp³-hybridized carbons (Fsp3) is 0.333. The lowest BCUT2D eigenvalue weighted by Crippen LogP contribution is -2.36. The zero-order valence-corrected chi connectivity index (χ0v) is 14.9. The van der Waals surface area contributed by atoms with Crippen LogP contribution in [-0.2, 0) is 19.6 Å². The molecule has 1 atom stereocenters. The number of aliphatic carboxylic acids is 1. The highest BCUT2D eigenvalue weighted by molar-refractivity contribution is 7.89. The number of carbonyl (C=O) groups is 2. The van der Waals surface area contributed by atoms with E-state index < -0.39 is 27.9 Å². The van der Waals surface area contributed by atoms with Crippen LogP contribution in [0.3, 0.4) is 0 Å². The third-order valence-electron chi connectivity index (χ3n) is 4.45. The second-order valence-electron chi connectivity index (χ2n) is 6.26. The number of carboxylic acids is 1. The Kier molecular flexibility index (Phi) is 5.24. The smallest absolute Gasteiger partial charge is 0.330 e. The normalized spacial score (nSPS) is 17.8. The highest BCUT2D eigenvalue weighted by atomic mass is 32.2. The number of nitrogens with one attached hydrogen (secondary N) is 1. The van der Waals surface area contributed by atoms with Crippen molar-refractivity contribution in [1.82, 2.24) is 9.62 Å². The average Bonchev–Trinajstić information content (AvgIpc) is 2.95. The SMILES string of the molecule is O=C(CCN1CCCS1(=O)=O)NC(C(=O)O)c1ccc2ccccc2c1. The minimum absolute atomic E-state index is 0.0677. The molecule has 0 aromatic heterocycles. The van der Waals surface area contributed by atoms with E-state index in [1.165, 1.54) is 4.31 Å². The molecule has 1 amide bonds. The summed E-state index contributed by atoms with van der Waals surface area (Å²) in [4.78, 5) is 23.8. The number of hydrogen-bond donors (Lipinski definition) is 2. The third kappa shape index (κ3) is 4.03. The van der Waals surface area contributed by atoms with E-state index in [9.17, 15) is 23.1 Å². The van der Waals surface area contributed by atoms with Gasteiger partial charge in [0.25, 0.3) is 0 Å². The molecule has 2 N–H and O–H groups in total. The van der Waals surface area contributed by atoms with Crippen molar-refractivity contribution in [1.29, 1.82) is 0 Å². The van der Waals surface area contributed by atoms with Gasteiger partial charge in [0.1, 0.15) is 0 Å². The summed E-state index contributed by atoms with van der Waals surface area (Å²) in [5, 5.41) is 13.8. The van der Waals surface area contributed by atoms with Crippen LogP contribution >= 0.6 is 0 Å². The van der Waals surface area contributed by atoms with Crippen LogP contribution < -0.4 is 5.32 Å². The lowest BCUT2D eigenvalue weighted by atomic mass is 10.0. The van der Waals surface area contributed by atoms with Crippen molar-refractivity contribution in [2.24, 2.45) is 0 Å². The molecule has 0 spiro atoms. The molecule has 26 heavy (non-hydrogen) atoms. The van der Waals surface area contributed by atoms with Crippen molar-refractivity contribution in [3.05, 3.63) is 48.0 Å². The van der Waals surface area contributed by atoms with Crippen molar-refractivity contribution in [3.63, 3.8) is 0 Å². The Morgan fingerprint density at radius 1 is 1.15 bits per heavy atom. The molecule has 2 aromatic carbocycles. The van der Waals surface area contributed by atoms with Crippen molar-refractivity contribution in [3.8, 4) is 0 Å². The van der Waals surface area contributed by atoms with E-state index in [0.29, 0.717) is 18.5 Å². The lowest BCUT2D eigenvalue weighted by molar-refractivity contribution is -0.142. The van der Waals surface area contributed by atoms with Gasteiger partial charge in [0.15, 0.2) is 6.04 Å². The molecule has 138 valence electrons. The van der Waals surface area contributed by atoms with Crippen molar-refractivity contribution in [2.45, 2.75) is 18.9 Å². The van der Waals surface area contributed by atoms with Crippen LogP contribution in [0.15, 0.2) is 42.5 Å². The highest BCUT2D eigenvalue weighted by Gasteiger charge is 2.29. The zero-order valence-electron chi connectivity index (χ0n) is 14.1. The predicted molar refractivity (Wildman–Crippen MR) is 97.1 cm³/mol. The molecule has 0 saturated carbocycles. The summed E-state index contributed by atoms with van der Waals surface area (Å²) >= 11 is 0. The summed E-state index contributed by atoms with van der Waals surface area (Å²) in [5.41, 5.74) is 0.471. The van der Waals surface area contributed by atoms with E-state index in [2.05, 4.69) is 5.32 Å². The topological polar surface area (TPSA) is 104 Å². The molecule has 7 nitrogen and oxygen atoms in total. The minimum Gasteiger partial charge on any atom is -0.479 e. The van der Waals surface area contributed by atoms with Gasteiger partial charge in [0, 0.05) is 19.5 Å². The largest absolute Gasteiger partial charge is 0.479 e. The maximum absolute atomic E-state index is 12.2. The first kappa shape index (κ1) is 18.3. The number of carbonyl (C=O) groups excluding carboxylic acids is 1. The van der Waals surface area contributed by atoms with E-state index in [0.717, 1.165) is 10.8 Å². The Balaban J connectivity index is 1.69. The van der Waals surface area contributed by atoms with Crippen LogP contribution in [0.1, 0.15) is 24.4 Å². The summed E-state index contributed by atoms with van der Waals surface area (Å²) in [6, 6.07) is 11.6. The fourth-order valence-corrected chi connectivity index (χ4v) is 4.61. The van der Waals surface area contributed by atoms with Crippen LogP contribution in [-0.4, -0.2) is 48.5 Å². The van der Waals surface area contributed by atoms with Gasteiger partial charge in [-0.05, 0) is 28.8 Å². The van der Waals surface area contributed by atoms with Gasteiger partial charge in [-0.25, -0.2) is 17.5 Å². The summed E-state index contributed by atoms with van der Waals surface area (Å²) in [5.74, 6) is -1.56. The summed E-state index contributed by atoms with van der Waals surface area (Å²) in [7, 11) is -3.27. The highest BCUT2D eigenvalue weighted by Crippen LogP contribution is 2.21. The number of amides is 1. The molecular weight excluding hydrogens is 356 g/mol. The standard InChI is InChI=1S/C18H20N2O5S/c21-16(8-10-20-9-3-11-26(20,24)25)19-17(18(22)23)15-7-6-13-4-1-2-5-14(13)12-15/h1-2,4-7,12,17H,3,8-11H2,(H,19,21)(H,22,23). The van der Waals surface area contributed by atoms with E-state index in [1.54, 1.807) is 12.1 Å². The number of rotatable bonds is 6. The molecule has 0 bridgehead atoms. The van der Waals surface area contributed by atoms with Crippen molar-refractivity contribution < 1.29 is 23.1 Å². The van der Waals surface area contributed by atoms with Crippen LogP contribution in [0.4, 0.5) is 0 Å². The molecule has 0 aliphatic carbocycles. The summed E-state index contributed by atoms with van der Waals surface area (Å²) in [6.45, 7) is 0.473. The summed E-state index contributed by atoms with van der Waals surface area (Å²) in [6.07, 6.45) is 0.482. The molecule has 0 radical (unpaired) electrons. The van der Waals surface area contributed by atoms with Gasteiger partial charge in [-0.15, -0.1) is 0 Å². The van der Waals surface area contributed by atoms with Crippen LogP contribution in [0.25, 0.3) is 10.8 Å². The number of benzene rings is 2. The van der Waals surface area contributed by atoms with E-state index in [4.69, 9.17) is 0 Å². The van der Waals surface area contributed by atoms with Gasteiger partial charge in [-0.2, -0.15) is 0 Å². The molecule has 1 aliphatic rings. The zero-order chi connectivity index (χ0) is 18.7. The Bertz CT molecular complexity index is 942. The van der Waals surface area contributed by atoms with Gasteiger partial charge < -0.3 is 10.4 Å². The Morgan fingerprint density at radius 3 is 2.54 bits per heavy atom. The predicted octanol–water partition coefficient (Wildman–Crippen LogP) is 1.51. The van der Waals surface area contributed by atoms with Crippen LogP contribution in [0, 0.1) is 0 Å². The second-order valence-corrected chi connectivity index (χ2v) is 8.35. The molecular formula is C18H20N2O5S. The van der Waals surface area contributed by atoms with Gasteiger partial charge in [0.05, 0.1) is 5.75 Å². The van der Waals surface area contributed by atoms with Crippen molar-refractivity contribution >= 4 is 32.7 Å². The van der Waals surface area contributed by atoms with Crippen LogP contribution in [0.5, 0.6) is 0 Å². The number of hydrogen-bond acceptors (Lipinski definition) is 4. The maximum Gasteiger partial charge on any atom is 0.330 e. The molecule has 1 heterocycles. The molecule has 1 fully saturated rings. The van der Waals surface area contributed by atoms with E-state index in [1.807, 2.05) is 30.3 Å². The molecule has 1 saturated heterocycles. The first-order valence-electron chi connectivity index (χ1n) is 8.35. The van der Waals surface area contributed by atoms with Gasteiger partial charge >= 0.3 is 5.97 Å². The Labute approximate surface area is 151 Å². The van der Waals surface area contributed by atoms with Crippen LogP contribution in [0.2, 0.25) is 0 Å². The first-order valence-corrected chi connectivity index (χ1v) is 9.96. The maximum atomic E-state index is 12.2.